The number of halogens is 1. The van der Waals surface area contributed by atoms with Crippen molar-refractivity contribution in [3.05, 3.63) is 46.7 Å². The first-order valence-electron chi connectivity index (χ1n) is 8.34. The van der Waals surface area contributed by atoms with E-state index in [1.165, 1.54) is 12.3 Å². The summed E-state index contributed by atoms with van der Waals surface area (Å²) in [5.74, 6) is -0.801. The molecular formula is C18H18FN3O2S. The normalized spacial score (nSPS) is 23.5. The van der Waals surface area contributed by atoms with Gasteiger partial charge in [-0.1, -0.05) is 0 Å². The van der Waals surface area contributed by atoms with Gasteiger partial charge in [0.2, 0.25) is 11.9 Å². The zero-order valence-corrected chi connectivity index (χ0v) is 14.5. The Morgan fingerprint density at radius 1 is 1.28 bits per heavy atom. The van der Waals surface area contributed by atoms with Crippen LogP contribution in [-0.2, 0) is 4.79 Å². The second-order valence-corrected chi connectivity index (χ2v) is 7.45. The molecule has 5 nitrogen and oxygen atoms in total. The second-order valence-electron chi connectivity index (χ2n) is 6.67. The molecule has 2 aromatic heterocycles. The number of carbonyl (C=O) groups is 2. The van der Waals surface area contributed by atoms with E-state index in [4.69, 9.17) is 0 Å². The highest BCUT2D eigenvalue weighted by atomic mass is 32.1. The van der Waals surface area contributed by atoms with Gasteiger partial charge in [0.15, 0.2) is 0 Å². The molecule has 4 rings (SSSR count). The molecule has 25 heavy (non-hydrogen) atoms. The first-order valence-corrected chi connectivity index (χ1v) is 9.28. The lowest BCUT2D eigenvalue weighted by atomic mass is 9.78. The summed E-state index contributed by atoms with van der Waals surface area (Å²) in [4.78, 5) is 32.8. The number of likely N-dealkylation sites (tertiary alicyclic amines) is 1. The fourth-order valence-electron chi connectivity index (χ4n) is 3.88. The van der Waals surface area contributed by atoms with Gasteiger partial charge < -0.3 is 9.80 Å². The number of hydrogen-bond donors (Lipinski definition) is 0. The fourth-order valence-corrected chi connectivity index (χ4v) is 4.52. The minimum atomic E-state index is -0.668. The van der Waals surface area contributed by atoms with Crippen LogP contribution in [-0.4, -0.2) is 41.3 Å². The van der Waals surface area contributed by atoms with Crippen molar-refractivity contribution in [2.45, 2.75) is 19.3 Å². The predicted molar refractivity (Wildman–Crippen MR) is 93.1 cm³/mol. The molecule has 1 spiro atoms. The molecule has 2 aliphatic heterocycles. The number of nitrogens with zero attached hydrogens (tertiary/aromatic N) is 3. The van der Waals surface area contributed by atoms with Gasteiger partial charge in [-0.3, -0.25) is 9.59 Å². The highest BCUT2D eigenvalue weighted by molar-refractivity contribution is 7.08. The van der Waals surface area contributed by atoms with Crippen molar-refractivity contribution in [2.75, 3.05) is 24.5 Å². The third kappa shape index (κ3) is 2.82. The van der Waals surface area contributed by atoms with Crippen LogP contribution in [0.1, 0.15) is 29.6 Å². The van der Waals surface area contributed by atoms with Crippen molar-refractivity contribution in [1.82, 2.24) is 9.88 Å². The Morgan fingerprint density at radius 2 is 2.16 bits per heavy atom. The van der Waals surface area contributed by atoms with Gasteiger partial charge in [-0.25, -0.2) is 4.98 Å². The van der Waals surface area contributed by atoms with Crippen molar-refractivity contribution in [2.24, 2.45) is 5.41 Å². The van der Waals surface area contributed by atoms with Gasteiger partial charge in [0.1, 0.15) is 0 Å². The van der Waals surface area contributed by atoms with Gasteiger partial charge >= 0.3 is 0 Å². The molecule has 0 bridgehead atoms. The molecule has 0 N–H and O–H groups in total. The number of amides is 2. The van der Waals surface area contributed by atoms with Crippen LogP contribution in [0.25, 0.3) is 0 Å². The molecule has 2 fully saturated rings. The molecule has 0 unspecified atom stereocenters. The summed E-state index contributed by atoms with van der Waals surface area (Å²) in [5, 5.41) is 3.94. The zero-order chi connectivity index (χ0) is 17.4. The Bertz CT molecular complexity index is 810. The van der Waals surface area contributed by atoms with Crippen LogP contribution in [0.5, 0.6) is 0 Å². The SMILES string of the molecule is O=C(c1ccnc(F)c1)N1CCC[C@@]2(CCN(c3ccsc3)C2=O)C1. The number of anilines is 1. The highest BCUT2D eigenvalue weighted by Crippen LogP contribution is 2.42. The number of carbonyl (C=O) groups excluding carboxylic acids is 2. The highest BCUT2D eigenvalue weighted by Gasteiger charge is 2.50. The van der Waals surface area contributed by atoms with Crippen molar-refractivity contribution in [3.8, 4) is 0 Å². The molecule has 7 heteroatoms. The number of rotatable bonds is 2. The van der Waals surface area contributed by atoms with Gasteiger partial charge in [-0.2, -0.15) is 15.7 Å². The van der Waals surface area contributed by atoms with Gasteiger partial charge in [0, 0.05) is 42.8 Å². The number of hydrogen-bond acceptors (Lipinski definition) is 4. The molecule has 0 aliphatic carbocycles. The zero-order valence-electron chi connectivity index (χ0n) is 13.7. The summed E-state index contributed by atoms with van der Waals surface area (Å²) in [6.07, 6.45) is 3.61. The first kappa shape index (κ1) is 16.2. The molecular weight excluding hydrogens is 341 g/mol. The molecule has 2 saturated heterocycles. The molecule has 2 aliphatic rings. The van der Waals surface area contributed by atoms with E-state index in [-0.39, 0.29) is 17.4 Å². The molecule has 0 saturated carbocycles. The number of thiophene rings is 1. The minimum Gasteiger partial charge on any atom is -0.338 e. The van der Waals surface area contributed by atoms with Crippen LogP contribution in [0, 0.1) is 11.4 Å². The van der Waals surface area contributed by atoms with Gasteiger partial charge in [0.05, 0.1) is 11.1 Å². The monoisotopic (exact) mass is 359 g/mol. The van der Waals surface area contributed by atoms with E-state index >= 15 is 0 Å². The lowest BCUT2D eigenvalue weighted by molar-refractivity contribution is -0.127. The summed E-state index contributed by atoms with van der Waals surface area (Å²) < 4.78 is 13.3. The summed E-state index contributed by atoms with van der Waals surface area (Å²) in [6, 6.07) is 4.62. The van der Waals surface area contributed by atoms with Crippen molar-refractivity contribution in [3.63, 3.8) is 0 Å². The number of aromatic nitrogens is 1. The summed E-state index contributed by atoms with van der Waals surface area (Å²) in [7, 11) is 0. The summed E-state index contributed by atoms with van der Waals surface area (Å²) >= 11 is 1.57. The van der Waals surface area contributed by atoms with Crippen molar-refractivity contribution < 1.29 is 14.0 Å². The lowest BCUT2D eigenvalue weighted by Gasteiger charge is -2.39. The van der Waals surface area contributed by atoms with Crippen LogP contribution < -0.4 is 4.90 Å². The Morgan fingerprint density at radius 3 is 2.92 bits per heavy atom. The standard InChI is InChI=1S/C18H18FN3O2S/c19-15-10-13(2-6-20-15)16(23)21-7-1-4-18(12-21)5-8-22(17(18)24)14-3-9-25-11-14/h2-3,6,9-11H,1,4-5,7-8,12H2/t18-/m1/s1. The van der Waals surface area contributed by atoms with E-state index in [1.54, 1.807) is 16.2 Å². The van der Waals surface area contributed by atoms with E-state index in [0.29, 0.717) is 19.6 Å². The van der Waals surface area contributed by atoms with Crippen LogP contribution in [0.3, 0.4) is 0 Å². The van der Waals surface area contributed by atoms with Gasteiger partial charge in [0.25, 0.3) is 5.91 Å². The van der Waals surface area contributed by atoms with E-state index in [9.17, 15) is 14.0 Å². The molecule has 0 radical (unpaired) electrons. The topological polar surface area (TPSA) is 53.5 Å². The number of piperidine rings is 1. The molecule has 2 aromatic rings. The summed E-state index contributed by atoms with van der Waals surface area (Å²) in [5.41, 5.74) is 0.706. The quantitative estimate of drug-likeness (QED) is 0.775. The van der Waals surface area contributed by atoms with Gasteiger partial charge in [-0.15, -0.1) is 0 Å². The van der Waals surface area contributed by atoms with E-state index < -0.39 is 11.4 Å². The average Bonchev–Trinajstić information content (AvgIpc) is 3.24. The maximum Gasteiger partial charge on any atom is 0.254 e. The van der Waals surface area contributed by atoms with Crippen LogP contribution >= 0.6 is 11.3 Å². The fraction of sp³-hybridized carbons (Fsp3) is 0.389. The van der Waals surface area contributed by atoms with E-state index in [2.05, 4.69) is 4.98 Å². The predicted octanol–water partition coefficient (Wildman–Crippen LogP) is 2.94. The van der Waals surface area contributed by atoms with Crippen LogP contribution in [0.4, 0.5) is 10.1 Å². The Labute approximate surface area is 149 Å². The molecule has 130 valence electrons. The third-order valence-corrected chi connectivity index (χ3v) is 5.84. The number of pyridine rings is 1. The smallest absolute Gasteiger partial charge is 0.254 e. The summed E-state index contributed by atoms with van der Waals surface area (Å²) in [6.45, 7) is 1.67. The van der Waals surface area contributed by atoms with E-state index in [1.807, 2.05) is 21.7 Å². The molecule has 4 heterocycles. The Balaban J connectivity index is 1.55. The first-order chi connectivity index (χ1) is 12.1. The molecule has 1 atom stereocenters. The lowest BCUT2D eigenvalue weighted by Crippen LogP contribution is -2.49. The van der Waals surface area contributed by atoms with Gasteiger partial charge in [-0.05, 0) is 36.8 Å². The van der Waals surface area contributed by atoms with Crippen LogP contribution in [0.2, 0.25) is 0 Å². The third-order valence-electron chi connectivity index (χ3n) is 5.17. The van der Waals surface area contributed by atoms with Crippen molar-refractivity contribution >= 4 is 28.8 Å². The van der Waals surface area contributed by atoms with Crippen LogP contribution in [0.15, 0.2) is 35.2 Å². The second kappa shape index (κ2) is 6.22. The van der Waals surface area contributed by atoms with E-state index in [0.717, 1.165) is 31.0 Å². The maximum atomic E-state index is 13.3. The average molecular weight is 359 g/mol. The largest absolute Gasteiger partial charge is 0.338 e. The minimum absolute atomic E-state index is 0.101. The Kier molecular flexibility index (Phi) is 4.03. The van der Waals surface area contributed by atoms with Crippen molar-refractivity contribution in [1.29, 1.82) is 0 Å². The molecule has 2 amide bonds. The Hall–Kier alpha value is -2.28. The maximum absolute atomic E-state index is 13.3. The molecule has 0 aromatic carbocycles.